The quantitative estimate of drug-likeness (QED) is 0.537. The zero-order chi connectivity index (χ0) is 19.1. The van der Waals surface area contributed by atoms with Gasteiger partial charge in [0.25, 0.3) is 0 Å². The third kappa shape index (κ3) is 3.22. The summed E-state index contributed by atoms with van der Waals surface area (Å²) in [5, 5.41) is 9.99. The number of urea groups is 1. The van der Waals surface area contributed by atoms with E-state index in [2.05, 4.69) is 21.9 Å². The minimum atomic E-state index is -0.199. The van der Waals surface area contributed by atoms with E-state index in [0.29, 0.717) is 39.3 Å². The first-order valence-electron chi connectivity index (χ1n) is 8.52. The van der Waals surface area contributed by atoms with Crippen molar-refractivity contribution in [3.63, 3.8) is 0 Å². The average Bonchev–Trinajstić information content (AvgIpc) is 3.24. The maximum absolute atomic E-state index is 13.0. The molecule has 0 unspecified atom stereocenters. The van der Waals surface area contributed by atoms with E-state index in [0.717, 1.165) is 6.42 Å². The number of aromatic nitrogens is 1. The fourth-order valence-corrected chi connectivity index (χ4v) is 4.92. The van der Waals surface area contributed by atoms with Crippen molar-refractivity contribution < 1.29 is 9.32 Å². The van der Waals surface area contributed by atoms with Crippen molar-refractivity contribution >= 4 is 46.3 Å². The number of carbonyl (C=O) groups is 1. The molecule has 1 aromatic carbocycles. The highest BCUT2D eigenvalue weighted by atomic mass is 35.5. The zero-order valence-corrected chi connectivity index (χ0v) is 17.1. The Morgan fingerprint density at radius 1 is 1.33 bits per heavy atom. The van der Waals surface area contributed by atoms with Gasteiger partial charge < -0.3 is 14.7 Å². The van der Waals surface area contributed by atoms with Crippen LogP contribution in [0.25, 0.3) is 11.3 Å². The van der Waals surface area contributed by atoms with Crippen LogP contribution < -0.4 is 5.32 Å². The topological polar surface area (TPSA) is 58.4 Å². The first kappa shape index (κ1) is 18.3. The summed E-state index contributed by atoms with van der Waals surface area (Å²) in [5.74, 6) is 0.496. The standard InChI is InChI=1S/C19H17Cl2N3O2S/c1-10-12-7-9-27-15(12)6-8-24(10)19(25)22-17-11(2)26-23-18(17)16-13(20)4-3-5-14(16)21/h3-5,7,9-10H,6,8H2,1-2H3,(H,22,25)/t10-/m0/s1. The number of rotatable bonds is 2. The van der Waals surface area contributed by atoms with E-state index in [1.807, 2.05) is 11.8 Å². The SMILES string of the molecule is Cc1onc(-c2c(Cl)cccc2Cl)c1NC(=O)N1CCc2sccc2[C@@H]1C. The summed E-state index contributed by atoms with van der Waals surface area (Å²) in [5.41, 5.74) is 2.66. The molecular weight excluding hydrogens is 405 g/mol. The van der Waals surface area contributed by atoms with Crippen LogP contribution in [-0.2, 0) is 6.42 Å². The molecule has 0 radical (unpaired) electrons. The third-order valence-corrected chi connectivity index (χ3v) is 6.46. The van der Waals surface area contributed by atoms with Gasteiger partial charge >= 0.3 is 6.03 Å². The molecule has 1 N–H and O–H groups in total. The Bertz CT molecular complexity index is 994. The summed E-state index contributed by atoms with van der Waals surface area (Å²) in [4.78, 5) is 16.2. The first-order valence-corrected chi connectivity index (χ1v) is 10.2. The van der Waals surface area contributed by atoms with Crippen LogP contribution in [0.15, 0.2) is 34.2 Å². The van der Waals surface area contributed by atoms with E-state index < -0.39 is 0 Å². The largest absolute Gasteiger partial charge is 0.359 e. The van der Waals surface area contributed by atoms with E-state index in [1.165, 1.54) is 10.4 Å². The van der Waals surface area contributed by atoms with Crippen molar-refractivity contribution in [2.75, 3.05) is 11.9 Å². The molecule has 8 heteroatoms. The molecule has 2 amide bonds. The van der Waals surface area contributed by atoms with Gasteiger partial charge in [-0.1, -0.05) is 34.4 Å². The zero-order valence-electron chi connectivity index (χ0n) is 14.8. The number of anilines is 1. The maximum Gasteiger partial charge on any atom is 0.322 e. The maximum atomic E-state index is 13.0. The number of amides is 2. The van der Waals surface area contributed by atoms with Crippen molar-refractivity contribution in [1.82, 2.24) is 10.1 Å². The molecule has 5 nitrogen and oxygen atoms in total. The Balaban J connectivity index is 1.64. The molecular formula is C19H17Cl2N3O2S. The molecule has 3 aromatic rings. The van der Waals surface area contributed by atoms with E-state index in [1.54, 1.807) is 36.5 Å². The molecule has 3 heterocycles. The monoisotopic (exact) mass is 421 g/mol. The van der Waals surface area contributed by atoms with Crippen LogP contribution in [-0.4, -0.2) is 22.6 Å². The Morgan fingerprint density at radius 2 is 2.07 bits per heavy atom. The van der Waals surface area contributed by atoms with Crippen LogP contribution >= 0.6 is 34.5 Å². The number of nitrogens with one attached hydrogen (secondary N) is 1. The number of hydrogen-bond donors (Lipinski definition) is 1. The number of nitrogens with zero attached hydrogens (tertiary/aromatic N) is 2. The van der Waals surface area contributed by atoms with Crippen molar-refractivity contribution in [2.45, 2.75) is 26.3 Å². The number of hydrogen-bond acceptors (Lipinski definition) is 4. The third-order valence-electron chi connectivity index (χ3n) is 4.83. The highest BCUT2D eigenvalue weighted by Crippen LogP contribution is 2.40. The molecule has 0 saturated heterocycles. The summed E-state index contributed by atoms with van der Waals surface area (Å²) < 4.78 is 5.32. The Hall–Kier alpha value is -2.02. The van der Waals surface area contributed by atoms with Gasteiger partial charge in [-0.25, -0.2) is 4.79 Å². The lowest BCUT2D eigenvalue weighted by Crippen LogP contribution is -2.41. The normalized spacial score (nSPS) is 16.3. The first-order chi connectivity index (χ1) is 13.0. The number of benzene rings is 1. The van der Waals surface area contributed by atoms with Gasteiger partial charge in [0.15, 0.2) is 5.76 Å². The molecule has 0 bridgehead atoms. The van der Waals surface area contributed by atoms with E-state index in [9.17, 15) is 4.79 Å². The van der Waals surface area contributed by atoms with Crippen LogP contribution in [0.3, 0.4) is 0 Å². The van der Waals surface area contributed by atoms with E-state index in [4.69, 9.17) is 27.7 Å². The minimum Gasteiger partial charge on any atom is -0.359 e. The van der Waals surface area contributed by atoms with Gasteiger partial charge in [-0.3, -0.25) is 0 Å². The summed E-state index contributed by atoms with van der Waals surface area (Å²) >= 11 is 14.4. The highest BCUT2D eigenvalue weighted by molar-refractivity contribution is 7.10. The Morgan fingerprint density at radius 3 is 2.81 bits per heavy atom. The molecule has 1 atom stereocenters. The second-order valence-corrected chi connectivity index (χ2v) is 8.22. The summed E-state index contributed by atoms with van der Waals surface area (Å²) in [6.07, 6.45) is 0.858. The molecule has 140 valence electrons. The summed E-state index contributed by atoms with van der Waals surface area (Å²) in [7, 11) is 0. The molecule has 4 rings (SSSR count). The van der Waals surface area contributed by atoms with Crippen LogP contribution in [0.4, 0.5) is 10.5 Å². The summed E-state index contributed by atoms with van der Waals surface area (Å²) in [6.45, 7) is 4.44. The van der Waals surface area contributed by atoms with Crippen LogP contribution in [0.5, 0.6) is 0 Å². The lowest BCUT2D eigenvalue weighted by Gasteiger charge is -2.33. The number of thiophene rings is 1. The van der Waals surface area contributed by atoms with Crippen molar-refractivity contribution in [1.29, 1.82) is 0 Å². The lowest BCUT2D eigenvalue weighted by molar-refractivity contribution is 0.189. The Labute approximate surface area is 170 Å². The molecule has 27 heavy (non-hydrogen) atoms. The second-order valence-electron chi connectivity index (χ2n) is 6.41. The van der Waals surface area contributed by atoms with Crippen LogP contribution in [0.1, 0.15) is 29.2 Å². The van der Waals surface area contributed by atoms with Gasteiger partial charge in [0, 0.05) is 17.0 Å². The number of carbonyl (C=O) groups excluding carboxylic acids is 1. The number of aryl methyl sites for hydroxylation is 1. The van der Waals surface area contributed by atoms with Crippen LogP contribution in [0, 0.1) is 6.92 Å². The van der Waals surface area contributed by atoms with Gasteiger partial charge in [0.1, 0.15) is 11.4 Å². The van der Waals surface area contributed by atoms with Crippen molar-refractivity contribution in [2.24, 2.45) is 0 Å². The number of fused-ring (bicyclic) bond motifs is 1. The fourth-order valence-electron chi connectivity index (χ4n) is 3.38. The van der Waals surface area contributed by atoms with Gasteiger partial charge in [-0.2, -0.15) is 0 Å². The van der Waals surface area contributed by atoms with Gasteiger partial charge in [-0.15, -0.1) is 11.3 Å². The van der Waals surface area contributed by atoms with Gasteiger partial charge in [0.05, 0.1) is 16.1 Å². The Kier molecular flexibility index (Phi) is 4.88. The number of halogens is 2. The van der Waals surface area contributed by atoms with Crippen LogP contribution in [0.2, 0.25) is 10.0 Å². The van der Waals surface area contributed by atoms with Gasteiger partial charge in [-0.05, 0) is 49.4 Å². The smallest absolute Gasteiger partial charge is 0.322 e. The molecule has 2 aromatic heterocycles. The minimum absolute atomic E-state index is 0.00696. The molecule has 1 aliphatic rings. The van der Waals surface area contributed by atoms with Gasteiger partial charge in [0.2, 0.25) is 0 Å². The predicted octanol–water partition coefficient (Wildman–Crippen LogP) is 6.17. The molecule has 1 aliphatic heterocycles. The lowest BCUT2D eigenvalue weighted by atomic mass is 10.0. The average molecular weight is 422 g/mol. The molecule has 0 fully saturated rings. The molecule has 0 spiro atoms. The molecule has 0 saturated carbocycles. The summed E-state index contributed by atoms with van der Waals surface area (Å²) in [6, 6.07) is 7.10. The fraction of sp³-hybridized carbons (Fsp3) is 0.263. The van der Waals surface area contributed by atoms with Crippen molar-refractivity contribution in [3.8, 4) is 11.3 Å². The molecule has 0 aliphatic carbocycles. The second kappa shape index (κ2) is 7.19. The van der Waals surface area contributed by atoms with E-state index in [-0.39, 0.29) is 12.1 Å². The van der Waals surface area contributed by atoms with Crippen molar-refractivity contribution in [3.05, 3.63) is 55.9 Å². The highest BCUT2D eigenvalue weighted by Gasteiger charge is 2.30. The predicted molar refractivity (Wildman–Crippen MR) is 109 cm³/mol. The van der Waals surface area contributed by atoms with E-state index >= 15 is 0 Å².